The molecular weight excluding hydrogens is 607 g/mol. The van der Waals surface area contributed by atoms with Crippen molar-refractivity contribution in [3.05, 3.63) is 91.0 Å². The number of carbonyl (C=O) groups excluding carboxylic acids is 1. The van der Waals surface area contributed by atoms with Gasteiger partial charge in [0.25, 0.3) is 0 Å². The van der Waals surface area contributed by atoms with Crippen LogP contribution in [-0.4, -0.2) is 41.3 Å². The molecule has 0 aromatic heterocycles. The first-order valence-electron chi connectivity index (χ1n) is 13.2. The third-order valence-electron chi connectivity index (χ3n) is 5.74. The molecule has 13 heteroatoms. The summed E-state index contributed by atoms with van der Waals surface area (Å²) in [4.78, 5) is 13.5. The number of para-hydroxylation sites is 3. The van der Waals surface area contributed by atoms with Gasteiger partial charge >= 0.3 is 21.3 Å². The van der Waals surface area contributed by atoms with Crippen molar-refractivity contribution in [3.8, 4) is 17.2 Å². The predicted octanol–water partition coefficient (Wildman–Crippen LogP) is 8.12. The van der Waals surface area contributed by atoms with Gasteiger partial charge in [0.1, 0.15) is 17.2 Å². The Hall–Kier alpha value is -2.67. The van der Waals surface area contributed by atoms with Crippen LogP contribution >= 0.6 is 38.5 Å². The molecular formula is C28H35Cl2N3O6P2. The van der Waals surface area contributed by atoms with Crippen LogP contribution in [-0.2, 0) is 9.13 Å². The molecule has 0 saturated carbocycles. The van der Waals surface area contributed by atoms with E-state index in [4.69, 9.17) is 36.8 Å². The van der Waals surface area contributed by atoms with Gasteiger partial charge in [0, 0.05) is 24.8 Å². The molecule has 2 amide bonds. The third-order valence-corrected chi connectivity index (χ3v) is 10.2. The maximum Gasteiger partial charge on any atom is 0.452 e. The molecule has 0 heterocycles. The second-order valence-electron chi connectivity index (χ2n) is 8.85. The molecule has 0 spiro atoms. The standard InChI is InChI=1S/C28H35Cl2N3O6P2/c1-2-3-19-27(40(35,37-24-13-7-4-8-14-24)38-25-15-9-5-10-16-25)31-28(34)32-41(36,33(22-20-29)23-21-30)39-26-17-11-6-12-18-26/h4-18,27H,2-3,19-23H2,1H3,(H2,31,32,34,36). The number of urea groups is 1. The zero-order valence-electron chi connectivity index (χ0n) is 22.7. The number of benzene rings is 3. The molecule has 9 nitrogen and oxygen atoms in total. The van der Waals surface area contributed by atoms with Gasteiger partial charge in [0.15, 0.2) is 5.78 Å². The number of hydrogen-bond donors (Lipinski definition) is 2. The number of halogens is 2. The lowest BCUT2D eigenvalue weighted by atomic mass is 10.2. The summed E-state index contributed by atoms with van der Waals surface area (Å²) in [6, 6.07) is 24.7. The monoisotopic (exact) mass is 641 g/mol. The fraction of sp³-hybridized carbons (Fsp3) is 0.321. The van der Waals surface area contributed by atoms with Crippen LogP contribution < -0.4 is 24.0 Å². The molecule has 222 valence electrons. The number of amides is 2. The molecule has 0 aliphatic heterocycles. The Balaban J connectivity index is 1.93. The topological polar surface area (TPSA) is 106 Å². The van der Waals surface area contributed by atoms with Gasteiger partial charge in [-0.3, -0.25) is 0 Å². The first-order chi connectivity index (χ1) is 19.8. The fourth-order valence-corrected chi connectivity index (χ4v) is 8.07. The second-order valence-corrected chi connectivity index (χ2v) is 13.7. The summed E-state index contributed by atoms with van der Waals surface area (Å²) in [5.74, 6) is 0.0349. The van der Waals surface area contributed by atoms with Gasteiger partial charge in [-0.1, -0.05) is 74.4 Å². The molecule has 3 aromatic carbocycles. The Labute approximate surface area is 251 Å². The Bertz CT molecular complexity index is 1240. The van der Waals surface area contributed by atoms with Crippen molar-refractivity contribution in [1.82, 2.24) is 15.1 Å². The van der Waals surface area contributed by atoms with Gasteiger partial charge in [-0.05, 0) is 42.8 Å². The highest BCUT2D eigenvalue weighted by Crippen LogP contribution is 2.54. The van der Waals surface area contributed by atoms with E-state index in [1.807, 2.05) is 6.92 Å². The molecule has 2 N–H and O–H groups in total. The number of carbonyl (C=O) groups is 1. The molecule has 3 rings (SSSR count). The van der Waals surface area contributed by atoms with Gasteiger partial charge in [-0.15, -0.1) is 23.2 Å². The Morgan fingerprint density at radius 2 is 1.22 bits per heavy atom. The quantitative estimate of drug-likeness (QED) is 0.113. The normalized spacial score (nSPS) is 13.6. The van der Waals surface area contributed by atoms with Crippen molar-refractivity contribution in [1.29, 1.82) is 0 Å². The van der Waals surface area contributed by atoms with E-state index in [1.54, 1.807) is 91.0 Å². The Kier molecular flexibility index (Phi) is 13.4. The molecule has 3 aromatic rings. The van der Waals surface area contributed by atoms with Crippen LogP contribution in [0.25, 0.3) is 0 Å². The minimum atomic E-state index is -4.10. The van der Waals surface area contributed by atoms with Crippen LogP contribution in [0.1, 0.15) is 26.2 Å². The molecule has 2 atom stereocenters. The lowest BCUT2D eigenvalue weighted by Gasteiger charge is -2.32. The van der Waals surface area contributed by atoms with E-state index in [1.165, 1.54) is 4.67 Å². The van der Waals surface area contributed by atoms with E-state index in [9.17, 15) is 13.9 Å². The smallest absolute Gasteiger partial charge is 0.418 e. The van der Waals surface area contributed by atoms with Crippen LogP contribution in [0.2, 0.25) is 0 Å². The fourth-order valence-electron chi connectivity index (χ4n) is 3.77. The lowest BCUT2D eigenvalue weighted by Crippen LogP contribution is -2.45. The van der Waals surface area contributed by atoms with Gasteiger partial charge in [0.05, 0.1) is 0 Å². The van der Waals surface area contributed by atoms with Crippen molar-refractivity contribution in [2.24, 2.45) is 0 Å². The molecule has 0 bridgehead atoms. The summed E-state index contributed by atoms with van der Waals surface area (Å²) in [7, 11) is -8.17. The van der Waals surface area contributed by atoms with E-state index in [0.717, 1.165) is 6.42 Å². The largest absolute Gasteiger partial charge is 0.452 e. The summed E-state index contributed by atoms with van der Waals surface area (Å²) in [6.45, 7) is 2.23. The summed E-state index contributed by atoms with van der Waals surface area (Å²) in [6.07, 6.45) is 1.62. The van der Waals surface area contributed by atoms with Crippen molar-refractivity contribution in [2.45, 2.75) is 32.0 Å². The summed E-state index contributed by atoms with van der Waals surface area (Å²) in [5, 5.41) is 5.18. The molecule has 2 unspecified atom stereocenters. The van der Waals surface area contributed by atoms with Crippen LogP contribution in [0.3, 0.4) is 0 Å². The van der Waals surface area contributed by atoms with Crippen LogP contribution in [0, 0.1) is 0 Å². The lowest BCUT2D eigenvalue weighted by molar-refractivity contribution is 0.239. The number of alkyl halides is 2. The number of unbranched alkanes of at least 4 members (excludes halogenated alkanes) is 1. The Morgan fingerprint density at radius 1 is 0.780 bits per heavy atom. The van der Waals surface area contributed by atoms with Gasteiger partial charge < -0.3 is 18.9 Å². The maximum absolute atomic E-state index is 14.5. The van der Waals surface area contributed by atoms with Crippen molar-refractivity contribution < 1.29 is 27.5 Å². The number of hydrogen-bond acceptors (Lipinski definition) is 6. The van der Waals surface area contributed by atoms with Crippen molar-refractivity contribution in [2.75, 3.05) is 24.8 Å². The van der Waals surface area contributed by atoms with E-state index in [-0.39, 0.29) is 37.0 Å². The van der Waals surface area contributed by atoms with Gasteiger partial charge in [-0.2, -0.15) is 0 Å². The van der Waals surface area contributed by atoms with E-state index < -0.39 is 27.1 Å². The zero-order valence-corrected chi connectivity index (χ0v) is 26.0. The summed E-state index contributed by atoms with van der Waals surface area (Å²) < 4.78 is 47.8. The van der Waals surface area contributed by atoms with Crippen LogP contribution in [0.4, 0.5) is 4.79 Å². The first-order valence-corrected chi connectivity index (χ1v) is 17.5. The van der Waals surface area contributed by atoms with Gasteiger partial charge in [0.2, 0.25) is 0 Å². The zero-order chi connectivity index (χ0) is 29.6. The maximum atomic E-state index is 14.5. The second kappa shape index (κ2) is 16.7. The van der Waals surface area contributed by atoms with Crippen LogP contribution in [0.15, 0.2) is 91.0 Å². The van der Waals surface area contributed by atoms with E-state index in [0.29, 0.717) is 17.9 Å². The minimum Gasteiger partial charge on any atom is -0.418 e. The molecule has 0 aliphatic carbocycles. The van der Waals surface area contributed by atoms with Crippen LogP contribution in [0.5, 0.6) is 17.2 Å². The molecule has 0 radical (unpaired) electrons. The number of nitrogens with zero attached hydrogens (tertiary/aromatic N) is 1. The average Bonchev–Trinajstić information content (AvgIpc) is 2.96. The van der Waals surface area contributed by atoms with Crippen molar-refractivity contribution in [3.63, 3.8) is 0 Å². The highest BCUT2D eigenvalue weighted by Gasteiger charge is 2.42. The van der Waals surface area contributed by atoms with E-state index in [2.05, 4.69) is 10.4 Å². The third kappa shape index (κ3) is 10.3. The molecule has 41 heavy (non-hydrogen) atoms. The summed E-state index contributed by atoms with van der Waals surface area (Å²) in [5.41, 5.74) is 0. The highest BCUT2D eigenvalue weighted by molar-refractivity contribution is 7.56. The van der Waals surface area contributed by atoms with Gasteiger partial charge in [-0.25, -0.2) is 23.7 Å². The number of nitrogens with one attached hydrogen (secondary N) is 2. The summed E-state index contributed by atoms with van der Waals surface area (Å²) >= 11 is 11.9. The molecule has 0 saturated heterocycles. The van der Waals surface area contributed by atoms with Crippen molar-refractivity contribution >= 4 is 44.5 Å². The Morgan fingerprint density at radius 3 is 1.63 bits per heavy atom. The average molecular weight is 642 g/mol. The predicted molar refractivity (Wildman–Crippen MR) is 164 cm³/mol. The van der Waals surface area contributed by atoms with E-state index >= 15 is 0 Å². The molecule has 0 fully saturated rings. The first kappa shape index (κ1) is 32.8. The minimum absolute atomic E-state index is 0.118. The molecule has 0 aliphatic rings. The number of rotatable bonds is 17. The SMILES string of the molecule is CCCCC(NC(=O)NP(=O)(Oc1ccccc1)N(CCCl)CCCl)P(=O)(Oc1ccccc1)Oc1ccccc1. The highest BCUT2D eigenvalue weighted by atomic mass is 35.5.